The van der Waals surface area contributed by atoms with Crippen molar-refractivity contribution in [1.82, 2.24) is 10.3 Å². The van der Waals surface area contributed by atoms with Gasteiger partial charge < -0.3 is 20.1 Å². The Balaban J connectivity index is 0.00000169. The molecule has 0 bridgehead atoms. The summed E-state index contributed by atoms with van der Waals surface area (Å²) in [4.78, 5) is 16.2. The highest BCUT2D eigenvalue weighted by Crippen LogP contribution is 2.31. The van der Waals surface area contributed by atoms with E-state index in [4.69, 9.17) is 9.47 Å². The molecule has 6 nitrogen and oxygen atoms in total. The number of anilines is 1. The maximum absolute atomic E-state index is 12.2. The van der Waals surface area contributed by atoms with Crippen LogP contribution in [0.2, 0.25) is 0 Å². The van der Waals surface area contributed by atoms with Gasteiger partial charge in [-0.15, -0.1) is 24.8 Å². The number of rotatable bonds is 6. The van der Waals surface area contributed by atoms with Gasteiger partial charge in [-0.1, -0.05) is 0 Å². The molecule has 0 saturated carbocycles. The Kier molecular flexibility index (Phi) is 9.19. The van der Waals surface area contributed by atoms with E-state index in [2.05, 4.69) is 15.6 Å². The molecule has 1 aromatic carbocycles. The zero-order valence-electron chi connectivity index (χ0n) is 14.4. The number of carbonyl (C=O) groups excluding carboxylic acids is 1. The van der Waals surface area contributed by atoms with Gasteiger partial charge in [0.25, 0.3) is 0 Å². The minimum atomic E-state index is 0. The predicted molar refractivity (Wildman–Crippen MR) is 106 cm³/mol. The van der Waals surface area contributed by atoms with Crippen LogP contribution in [-0.4, -0.2) is 31.1 Å². The molecule has 1 atom stereocenters. The van der Waals surface area contributed by atoms with E-state index in [0.717, 1.165) is 25.1 Å². The van der Waals surface area contributed by atoms with Crippen LogP contribution in [0, 0.1) is 5.92 Å². The van der Waals surface area contributed by atoms with Crippen molar-refractivity contribution in [2.45, 2.75) is 13.0 Å². The Labute approximate surface area is 165 Å². The first kappa shape index (κ1) is 22.0. The Morgan fingerprint density at radius 1 is 1.23 bits per heavy atom. The second kappa shape index (κ2) is 10.9. The molecule has 1 saturated heterocycles. The summed E-state index contributed by atoms with van der Waals surface area (Å²) in [5.74, 6) is 1.28. The molecule has 2 N–H and O–H groups in total. The third-order valence-corrected chi connectivity index (χ3v) is 4.01. The molecule has 1 aliphatic rings. The van der Waals surface area contributed by atoms with Crippen LogP contribution in [-0.2, 0) is 11.4 Å². The van der Waals surface area contributed by atoms with Crippen molar-refractivity contribution < 1.29 is 14.3 Å². The van der Waals surface area contributed by atoms with Crippen molar-refractivity contribution in [1.29, 1.82) is 0 Å². The molecule has 142 valence electrons. The first-order valence-corrected chi connectivity index (χ1v) is 7.97. The fourth-order valence-electron chi connectivity index (χ4n) is 2.63. The number of halogens is 2. The van der Waals surface area contributed by atoms with Crippen LogP contribution < -0.4 is 20.1 Å². The second-order valence-corrected chi connectivity index (χ2v) is 5.69. The van der Waals surface area contributed by atoms with E-state index in [0.29, 0.717) is 23.8 Å². The van der Waals surface area contributed by atoms with E-state index in [1.807, 2.05) is 18.2 Å². The number of hydrogen-bond acceptors (Lipinski definition) is 5. The molecule has 1 unspecified atom stereocenters. The Hall–Kier alpha value is -2.02. The highest BCUT2D eigenvalue weighted by atomic mass is 35.5. The van der Waals surface area contributed by atoms with Gasteiger partial charge in [-0.05, 0) is 42.8 Å². The standard InChI is InChI=1S/C18H21N3O3.2ClH/c1-23-16-3-2-15(21-18(22)14-6-9-20-11-14)10-17(16)24-12-13-4-7-19-8-5-13;;/h2-5,7-8,10,14,20H,6,9,11-12H2,1H3,(H,21,22);2*1H. The molecule has 8 heteroatoms. The molecule has 0 aliphatic carbocycles. The van der Waals surface area contributed by atoms with Gasteiger partial charge in [0.1, 0.15) is 6.61 Å². The highest BCUT2D eigenvalue weighted by molar-refractivity contribution is 5.93. The first-order chi connectivity index (χ1) is 11.8. The molecule has 1 aliphatic heterocycles. The quantitative estimate of drug-likeness (QED) is 0.780. The Morgan fingerprint density at radius 3 is 2.65 bits per heavy atom. The van der Waals surface area contributed by atoms with Gasteiger partial charge in [0.2, 0.25) is 5.91 Å². The van der Waals surface area contributed by atoms with E-state index >= 15 is 0 Å². The molecule has 0 spiro atoms. The predicted octanol–water partition coefficient (Wildman–Crippen LogP) is 3.06. The lowest BCUT2D eigenvalue weighted by Crippen LogP contribution is -2.24. The second-order valence-electron chi connectivity index (χ2n) is 5.69. The fourth-order valence-corrected chi connectivity index (χ4v) is 2.63. The average Bonchev–Trinajstić information content (AvgIpc) is 3.16. The van der Waals surface area contributed by atoms with Crippen molar-refractivity contribution >= 4 is 36.4 Å². The SMILES string of the molecule is COc1ccc(NC(=O)C2CCNC2)cc1OCc1ccncc1.Cl.Cl. The summed E-state index contributed by atoms with van der Waals surface area (Å²) < 4.78 is 11.2. The zero-order chi connectivity index (χ0) is 16.8. The van der Waals surface area contributed by atoms with Crippen molar-refractivity contribution in [2.75, 3.05) is 25.5 Å². The number of amides is 1. The van der Waals surface area contributed by atoms with E-state index in [1.54, 1.807) is 31.6 Å². The number of nitrogens with zero attached hydrogens (tertiary/aromatic N) is 1. The van der Waals surface area contributed by atoms with Crippen molar-refractivity contribution in [3.8, 4) is 11.5 Å². The van der Waals surface area contributed by atoms with Crippen LogP contribution in [0.3, 0.4) is 0 Å². The number of pyridine rings is 1. The number of hydrogen-bond donors (Lipinski definition) is 2. The maximum atomic E-state index is 12.2. The summed E-state index contributed by atoms with van der Waals surface area (Å²) in [5, 5.41) is 6.15. The lowest BCUT2D eigenvalue weighted by molar-refractivity contribution is -0.119. The van der Waals surface area contributed by atoms with Crippen molar-refractivity contribution in [3.63, 3.8) is 0 Å². The maximum Gasteiger partial charge on any atom is 0.228 e. The summed E-state index contributed by atoms with van der Waals surface area (Å²) in [6, 6.07) is 9.19. The molecule has 1 aromatic heterocycles. The third kappa shape index (κ3) is 5.76. The van der Waals surface area contributed by atoms with Gasteiger partial charge in [-0.2, -0.15) is 0 Å². The molecule has 1 amide bonds. The van der Waals surface area contributed by atoms with E-state index in [9.17, 15) is 4.79 Å². The average molecular weight is 400 g/mol. The molecular weight excluding hydrogens is 377 g/mol. The van der Waals surface area contributed by atoms with Crippen LogP contribution in [0.4, 0.5) is 5.69 Å². The van der Waals surface area contributed by atoms with Crippen LogP contribution in [0.25, 0.3) is 0 Å². The Morgan fingerprint density at radius 2 is 2.00 bits per heavy atom. The number of nitrogens with one attached hydrogen (secondary N) is 2. The number of ether oxygens (including phenoxy) is 2. The first-order valence-electron chi connectivity index (χ1n) is 7.97. The smallest absolute Gasteiger partial charge is 0.228 e. The lowest BCUT2D eigenvalue weighted by Gasteiger charge is -2.14. The highest BCUT2D eigenvalue weighted by Gasteiger charge is 2.22. The molecule has 26 heavy (non-hydrogen) atoms. The van der Waals surface area contributed by atoms with Gasteiger partial charge in [0.15, 0.2) is 11.5 Å². The van der Waals surface area contributed by atoms with Crippen molar-refractivity contribution in [2.24, 2.45) is 5.92 Å². The summed E-state index contributed by atoms with van der Waals surface area (Å²) in [6.07, 6.45) is 4.32. The van der Waals surface area contributed by atoms with Gasteiger partial charge in [-0.25, -0.2) is 0 Å². The third-order valence-electron chi connectivity index (χ3n) is 4.01. The molecule has 2 aromatic rings. The number of methoxy groups -OCH3 is 1. The van der Waals surface area contributed by atoms with Gasteiger partial charge >= 0.3 is 0 Å². The summed E-state index contributed by atoms with van der Waals surface area (Å²) in [7, 11) is 1.59. The van der Waals surface area contributed by atoms with E-state index in [-0.39, 0.29) is 36.6 Å². The van der Waals surface area contributed by atoms with Gasteiger partial charge in [0, 0.05) is 30.7 Å². The molecule has 2 heterocycles. The minimum absolute atomic E-state index is 0. The number of benzene rings is 1. The minimum Gasteiger partial charge on any atom is -0.493 e. The summed E-state index contributed by atoms with van der Waals surface area (Å²) >= 11 is 0. The number of carbonyl (C=O) groups is 1. The number of aromatic nitrogens is 1. The van der Waals surface area contributed by atoms with Crippen molar-refractivity contribution in [3.05, 3.63) is 48.3 Å². The molecular formula is C18H23Cl2N3O3. The van der Waals surface area contributed by atoms with Crippen LogP contribution in [0.15, 0.2) is 42.7 Å². The summed E-state index contributed by atoms with van der Waals surface area (Å²) in [5.41, 5.74) is 1.72. The topological polar surface area (TPSA) is 72.5 Å². The van der Waals surface area contributed by atoms with E-state index in [1.165, 1.54) is 0 Å². The zero-order valence-corrected chi connectivity index (χ0v) is 16.1. The Bertz CT molecular complexity index is 695. The monoisotopic (exact) mass is 399 g/mol. The normalized spacial score (nSPS) is 15.3. The van der Waals surface area contributed by atoms with Gasteiger partial charge in [-0.3, -0.25) is 9.78 Å². The van der Waals surface area contributed by atoms with Crippen LogP contribution in [0.5, 0.6) is 11.5 Å². The molecule has 3 rings (SSSR count). The fraction of sp³-hybridized carbons (Fsp3) is 0.333. The van der Waals surface area contributed by atoms with E-state index < -0.39 is 0 Å². The summed E-state index contributed by atoms with van der Waals surface area (Å²) in [6.45, 7) is 2.03. The lowest BCUT2D eigenvalue weighted by atomic mass is 10.1. The van der Waals surface area contributed by atoms with Gasteiger partial charge in [0.05, 0.1) is 13.0 Å². The molecule has 1 fully saturated rings. The van der Waals surface area contributed by atoms with Crippen LogP contribution >= 0.6 is 24.8 Å². The van der Waals surface area contributed by atoms with Crippen LogP contribution in [0.1, 0.15) is 12.0 Å². The largest absolute Gasteiger partial charge is 0.493 e. The molecule has 0 radical (unpaired) electrons.